The van der Waals surface area contributed by atoms with Crippen LogP contribution >= 0.6 is 68.0 Å². The molecule has 0 spiro atoms. The molecular formula is C86H103O4S6+. The van der Waals surface area contributed by atoms with Gasteiger partial charge < -0.3 is 0 Å². The lowest BCUT2D eigenvalue weighted by molar-refractivity contribution is 0.0988. The van der Waals surface area contributed by atoms with Crippen molar-refractivity contribution < 1.29 is 19.2 Å². The van der Waals surface area contributed by atoms with Crippen molar-refractivity contribution in [1.29, 1.82) is 0 Å². The van der Waals surface area contributed by atoms with Crippen LogP contribution in [0, 0.1) is 11.8 Å². The second kappa shape index (κ2) is 35.5. The zero-order valence-electron chi connectivity index (χ0n) is 58.3. The number of thiophene rings is 6. The average Bonchev–Trinajstić information content (AvgIpc) is 1.55. The molecule has 96 heavy (non-hydrogen) atoms. The topological polar surface area (TPSA) is 72.6 Å². The van der Waals surface area contributed by atoms with Gasteiger partial charge in [0.15, 0.2) is 11.6 Å². The highest BCUT2D eigenvalue weighted by molar-refractivity contribution is 7.29. The molecule has 0 bridgehead atoms. The fourth-order valence-corrected chi connectivity index (χ4v) is 22.3. The predicted molar refractivity (Wildman–Crippen MR) is 423 cm³/mol. The Morgan fingerprint density at radius 1 is 0.375 bits per heavy atom. The summed E-state index contributed by atoms with van der Waals surface area (Å²) in [5.74, 6) is 0.892. The SMILES string of the molecule is CCCCCCCCCCCCc1cc(C=C2C(=O)c3ccccc3C2=O)sc1-c1cc2c(-c3ccc(CC(CC)CCCC)s3)c3sc(-c4sc(/C=C5\C(=O)c6ccccc6C5=[OH+])cc4CCCCCCCCCCCC)cc3c(-c3ccc(CC(CC)CCCC)s3)c2s1. The zero-order chi connectivity index (χ0) is 66.9. The Labute approximate surface area is 598 Å². The summed E-state index contributed by atoms with van der Waals surface area (Å²) in [7, 11) is 0. The second-order valence-corrected chi connectivity index (χ2v) is 34.3. The number of hydrogen-bond donors (Lipinski definition) is 0. The number of rotatable bonds is 40. The minimum Gasteiger partial charge on any atom is -0.288 e. The van der Waals surface area contributed by atoms with Crippen LogP contribution in [-0.2, 0) is 25.7 Å². The van der Waals surface area contributed by atoms with Gasteiger partial charge in [-0.25, -0.2) is 0 Å². The number of hydrogen-bond acceptors (Lipinski definition) is 9. The maximum atomic E-state index is 14.1. The van der Waals surface area contributed by atoms with Crippen molar-refractivity contribution in [2.75, 3.05) is 0 Å². The van der Waals surface area contributed by atoms with Crippen molar-refractivity contribution in [3.63, 3.8) is 0 Å². The molecule has 6 aromatic heterocycles. The van der Waals surface area contributed by atoms with Gasteiger partial charge in [-0.05, 0) is 128 Å². The first-order valence-electron chi connectivity index (χ1n) is 37.3. The summed E-state index contributed by atoms with van der Waals surface area (Å²) in [6.45, 7) is 13.9. The third-order valence-electron chi connectivity index (χ3n) is 20.4. The fourth-order valence-electron chi connectivity index (χ4n) is 14.7. The van der Waals surface area contributed by atoms with E-state index in [4.69, 9.17) is 0 Å². The molecular weight excluding hydrogens is 1290 g/mol. The molecule has 3 aromatic carbocycles. The van der Waals surface area contributed by atoms with Crippen molar-refractivity contribution in [3.8, 4) is 40.4 Å². The Morgan fingerprint density at radius 2 is 0.740 bits per heavy atom. The molecule has 11 rings (SSSR count). The van der Waals surface area contributed by atoms with Crippen LogP contribution < -0.4 is 0 Å². The van der Waals surface area contributed by atoms with Gasteiger partial charge in [0.05, 0.1) is 11.1 Å². The lowest BCUT2D eigenvalue weighted by Crippen LogP contribution is -2.01. The van der Waals surface area contributed by atoms with E-state index in [1.807, 2.05) is 93.9 Å². The summed E-state index contributed by atoms with van der Waals surface area (Å²) in [6.07, 6.45) is 43.3. The summed E-state index contributed by atoms with van der Waals surface area (Å²) in [6, 6.07) is 34.2. The van der Waals surface area contributed by atoms with E-state index in [2.05, 4.69) is 90.1 Å². The van der Waals surface area contributed by atoms with Crippen LogP contribution in [0.1, 0.15) is 289 Å². The maximum Gasteiger partial charge on any atom is 0.359 e. The summed E-state index contributed by atoms with van der Waals surface area (Å²) < 4.78 is 2.63. The minimum atomic E-state index is -0.177. The van der Waals surface area contributed by atoms with E-state index >= 15 is 0 Å². The normalized spacial score (nSPS) is 14.2. The van der Waals surface area contributed by atoms with E-state index in [0.29, 0.717) is 39.7 Å². The van der Waals surface area contributed by atoms with Crippen LogP contribution in [0.2, 0.25) is 0 Å². The van der Waals surface area contributed by atoms with Crippen LogP contribution in [0.3, 0.4) is 0 Å². The maximum absolute atomic E-state index is 14.1. The van der Waals surface area contributed by atoms with Crippen molar-refractivity contribution in [1.82, 2.24) is 0 Å². The van der Waals surface area contributed by atoms with E-state index in [0.717, 1.165) is 48.3 Å². The van der Waals surface area contributed by atoms with E-state index in [1.165, 1.54) is 248 Å². The molecule has 0 saturated carbocycles. The van der Waals surface area contributed by atoms with Gasteiger partial charge in [0.25, 0.3) is 0 Å². The number of benzene rings is 3. The molecule has 1 N–H and O–H groups in total. The number of Topliss-reactive ketones (excluding diaryl/α,β-unsaturated/α-hetero) is 3. The summed E-state index contributed by atoms with van der Waals surface area (Å²) in [5, 5.41) is 2.59. The molecule has 10 heteroatoms. The zero-order valence-corrected chi connectivity index (χ0v) is 63.2. The van der Waals surface area contributed by atoms with E-state index in [9.17, 15) is 19.2 Å². The van der Waals surface area contributed by atoms with Gasteiger partial charge in [0, 0.05) is 96.8 Å². The molecule has 2 unspecified atom stereocenters. The number of aryl methyl sites for hydroxylation is 2. The molecule has 0 saturated heterocycles. The van der Waals surface area contributed by atoms with Crippen molar-refractivity contribution >= 4 is 123 Å². The highest BCUT2D eigenvalue weighted by atomic mass is 32.1. The van der Waals surface area contributed by atoms with Gasteiger partial charge in [-0.3, -0.25) is 19.2 Å². The fraction of sp³-hybridized carbons (Fsp3) is 0.465. The van der Waals surface area contributed by atoms with Gasteiger partial charge in [0.2, 0.25) is 5.78 Å². The highest BCUT2D eigenvalue weighted by Crippen LogP contribution is 2.56. The van der Waals surface area contributed by atoms with Crippen molar-refractivity contribution in [2.45, 2.75) is 247 Å². The second-order valence-electron chi connectivity index (χ2n) is 27.6. The molecule has 4 nitrogen and oxygen atoms in total. The molecule has 9 aromatic rings. The lowest BCUT2D eigenvalue weighted by Gasteiger charge is -2.13. The third-order valence-corrected chi connectivity index (χ3v) is 27.6. The molecule has 0 amide bonds. The first-order valence-corrected chi connectivity index (χ1v) is 42.2. The van der Waals surface area contributed by atoms with Gasteiger partial charge in [-0.1, -0.05) is 251 Å². The number of unbranched alkanes of at least 4 members (excludes halogenated alkanes) is 20. The van der Waals surface area contributed by atoms with E-state index < -0.39 is 0 Å². The average molecular weight is 1390 g/mol. The number of fused-ring (bicyclic) bond motifs is 4. The number of allylic oxidation sites excluding steroid dienone is 2. The Kier molecular flexibility index (Phi) is 26.6. The smallest absolute Gasteiger partial charge is 0.288 e. The molecule has 506 valence electrons. The molecule has 0 fully saturated rings. The van der Waals surface area contributed by atoms with E-state index in [1.54, 1.807) is 34.8 Å². The molecule has 2 atom stereocenters. The van der Waals surface area contributed by atoms with Gasteiger partial charge >= 0.3 is 5.78 Å². The molecule has 0 radical (unpaired) electrons. The molecule has 6 heterocycles. The third kappa shape index (κ3) is 17.2. The predicted octanol–water partition coefficient (Wildman–Crippen LogP) is 28.1. The minimum absolute atomic E-state index is 0.0703. The quantitative estimate of drug-likeness (QED) is 0.0166. The lowest BCUT2D eigenvalue weighted by atomic mass is 9.95. The van der Waals surface area contributed by atoms with Crippen LogP contribution in [0.25, 0.3) is 72.7 Å². The standard InChI is InChI=1S/C86H102O4S6/c1-7-13-17-19-21-23-25-27-29-31-39-59-51-63(53-71-79(87)65-41-33-34-42-66(65)80(71)88)93-83(59)75-55-69-77(73-47-45-61(91-73)49-57(11-5)37-15-9-3)86-70(78(85(69)95-75)74-48-46-62(92-74)50-58(12-6)38-16-10-4)56-76(96-86)84-60(40-32-30-28-26-24-22-20-18-14-8-2)52-64(94-84)54-72-81(89)67-43-35-36-44-68(67)82(72)90/h33-36,41-48,51-58H,7-32,37-40,49-50H2,1-6H3/p+1. The Hall–Kier alpha value is -5.46. The summed E-state index contributed by atoms with van der Waals surface area (Å²) in [4.78, 5) is 66.3. The summed E-state index contributed by atoms with van der Waals surface area (Å²) >= 11 is 11.4. The number of carbonyl (C=O) groups is 3. The monoisotopic (exact) mass is 1390 g/mol. The first kappa shape index (κ1) is 71.8. The largest absolute Gasteiger partial charge is 0.359 e. The molecule has 2 aliphatic carbocycles. The molecule has 0 aliphatic heterocycles. The highest BCUT2D eigenvalue weighted by Gasteiger charge is 2.38. The van der Waals surface area contributed by atoms with Gasteiger partial charge in [-0.2, -0.15) is 0 Å². The van der Waals surface area contributed by atoms with Crippen molar-refractivity contribution in [3.05, 3.63) is 161 Å². The number of ketones is 4. The summed E-state index contributed by atoms with van der Waals surface area (Å²) in [5.41, 5.74) is 8.09. The number of carbonyl (C=O) groups excluding carboxylic acids is 4. The van der Waals surface area contributed by atoms with Crippen LogP contribution in [0.15, 0.2) is 108 Å². The molecule has 2 aliphatic rings. The van der Waals surface area contributed by atoms with Gasteiger partial charge in [0.1, 0.15) is 5.57 Å². The van der Waals surface area contributed by atoms with E-state index in [-0.39, 0.29) is 28.7 Å². The Morgan fingerprint density at radius 3 is 1.14 bits per heavy atom. The van der Waals surface area contributed by atoms with Crippen LogP contribution in [-0.4, -0.2) is 27.9 Å². The van der Waals surface area contributed by atoms with Crippen LogP contribution in [0.4, 0.5) is 0 Å². The van der Waals surface area contributed by atoms with Gasteiger partial charge in [-0.15, -0.1) is 68.0 Å². The Bertz CT molecular complexity index is 3780. The van der Waals surface area contributed by atoms with Crippen molar-refractivity contribution in [2.24, 2.45) is 11.8 Å². The Balaban J connectivity index is 1.06. The van der Waals surface area contributed by atoms with Crippen LogP contribution in [0.5, 0.6) is 0 Å². The first-order chi connectivity index (χ1) is 47.0.